The van der Waals surface area contributed by atoms with E-state index in [1.165, 1.54) is 0 Å². The molecule has 0 spiro atoms. The van der Waals surface area contributed by atoms with Gasteiger partial charge in [0, 0.05) is 24.3 Å². The minimum absolute atomic E-state index is 0.00180. The van der Waals surface area contributed by atoms with Crippen LogP contribution in [0.1, 0.15) is 26.0 Å². The zero-order valence-corrected chi connectivity index (χ0v) is 14.5. The van der Waals surface area contributed by atoms with Gasteiger partial charge in [-0.25, -0.2) is 0 Å². The second-order valence-corrected chi connectivity index (χ2v) is 7.11. The van der Waals surface area contributed by atoms with Crippen molar-refractivity contribution in [3.05, 3.63) is 36.0 Å². The monoisotopic (exact) mass is 328 g/mol. The summed E-state index contributed by atoms with van der Waals surface area (Å²) in [5, 5.41) is 10.7. The summed E-state index contributed by atoms with van der Waals surface area (Å²) < 4.78 is 2.01. The smallest absolute Gasteiger partial charge is 0.311 e. The van der Waals surface area contributed by atoms with E-state index in [4.69, 9.17) is 0 Å². The van der Waals surface area contributed by atoms with Crippen LogP contribution >= 0.6 is 0 Å². The summed E-state index contributed by atoms with van der Waals surface area (Å²) in [6.45, 7) is 6.91. The first-order chi connectivity index (χ1) is 11.3. The third kappa shape index (κ3) is 2.58. The lowest BCUT2D eigenvalue weighted by atomic mass is 9.76. The van der Waals surface area contributed by atoms with E-state index in [0.717, 1.165) is 16.6 Å². The number of benzene rings is 1. The van der Waals surface area contributed by atoms with E-state index >= 15 is 0 Å². The molecule has 1 aliphatic heterocycles. The molecule has 24 heavy (non-hydrogen) atoms. The minimum Gasteiger partial charge on any atom is -0.481 e. The Labute approximate surface area is 141 Å². The SMILES string of the molecule is Cc1cc2ccccc2n1CC(=O)N1CCC(C(=O)O)(C(C)C)C1. The molecule has 2 heterocycles. The van der Waals surface area contributed by atoms with Crippen molar-refractivity contribution >= 4 is 22.8 Å². The molecule has 5 heteroatoms. The predicted octanol–water partition coefficient (Wildman–Crippen LogP) is 2.91. The van der Waals surface area contributed by atoms with Gasteiger partial charge < -0.3 is 14.6 Å². The van der Waals surface area contributed by atoms with Crippen LogP contribution < -0.4 is 0 Å². The standard InChI is InChI=1S/C19H24N2O3/c1-13(2)19(18(23)24)8-9-20(12-19)17(22)11-21-14(3)10-15-6-4-5-7-16(15)21/h4-7,10,13H,8-9,11-12H2,1-3H3,(H,23,24). The molecule has 2 aromatic rings. The number of fused-ring (bicyclic) bond motifs is 1. The zero-order chi connectivity index (χ0) is 17.5. The number of carboxylic acid groups (broad SMARTS) is 1. The Bertz CT molecular complexity index is 793. The van der Waals surface area contributed by atoms with Crippen molar-refractivity contribution in [3.63, 3.8) is 0 Å². The molecule has 1 amide bonds. The molecule has 0 aliphatic carbocycles. The number of nitrogens with zero attached hydrogens (tertiary/aromatic N) is 2. The highest BCUT2D eigenvalue weighted by molar-refractivity contribution is 5.85. The van der Waals surface area contributed by atoms with Crippen LogP contribution in [0.5, 0.6) is 0 Å². The van der Waals surface area contributed by atoms with Crippen molar-refractivity contribution in [1.82, 2.24) is 9.47 Å². The van der Waals surface area contributed by atoms with E-state index in [1.807, 2.05) is 49.6 Å². The predicted molar refractivity (Wildman–Crippen MR) is 92.8 cm³/mol. The zero-order valence-electron chi connectivity index (χ0n) is 14.5. The molecule has 0 radical (unpaired) electrons. The number of para-hydroxylation sites is 1. The molecule has 1 fully saturated rings. The number of carbonyl (C=O) groups excluding carboxylic acids is 1. The van der Waals surface area contributed by atoms with E-state index in [-0.39, 0.29) is 18.4 Å². The van der Waals surface area contributed by atoms with Crippen molar-refractivity contribution in [1.29, 1.82) is 0 Å². The quantitative estimate of drug-likeness (QED) is 0.938. The van der Waals surface area contributed by atoms with Gasteiger partial charge in [-0.3, -0.25) is 9.59 Å². The number of hydrogen-bond acceptors (Lipinski definition) is 2. The average molecular weight is 328 g/mol. The summed E-state index contributed by atoms with van der Waals surface area (Å²) >= 11 is 0. The maximum Gasteiger partial charge on any atom is 0.311 e. The van der Waals surface area contributed by atoms with Crippen molar-refractivity contribution in [3.8, 4) is 0 Å². The first-order valence-corrected chi connectivity index (χ1v) is 8.41. The van der Waals surface area contributed by atoms with E-state index in [2.05, 4.69) is 6.07 Å². The van der Waals surface area contributed by atoms with E-state index < -0.39 is 11.4 Å². The van der Waals surface area contributed by atoms with Gasteiger partial charge in [0.1, 0.15) is 6.54 Å². The number of hydrogen-bond donors (Lipinski definition) is 1. The van der Waals surface area contributed by atoms with Crippen LogP contribution in [0, 0.1) is 18.3 Å². The lowest BCUT2D eigenvalue weighted by Crippen LogP contribution is -2.41. The van der Waals surface area contributed by atoms with E-state index in [0.29, 0.717) is 19.5 Å². The van der Waals surface area contributed by atoms with Gasteiger partial charge in [0.2, 0.25) is 5.91 Å². The van der Waals surface area contributed by atoms with Gasteiger partial charge in [-0.2, -0.15) is 0 Å². The minimum atomic E-state index is -0.816. The van der Waals surface area contributed by atoms with Crippen molar-refractivity contribution < 1.29 is 14.7 Å². The molecule has 1 unspecified atom stereocenters. The van der Waals surface area contributed by atoms with Gasteiger partial charge in [-0.15, -0.1) is 0 Å². The van der Waals surface area contributed by atoms with Crippen LogP contribution in [0.2, 0.25) is 0 Å². The van der Waals surface area contributed by atoms with Crippen molar-refractivity contribution in [2.45, 2.75) is 33.7 Å². The average Bonchev–Trinajstić information content (AvgIpc) is 3.11. The molecular formula is C19H24N2O3. The number of carboxylic acids is 1. The topological polar surface area (TPSA) is 62.5 Å². The van der Waals surface area contributed by atoms with Gasteiger partial charge in [0.05, 0.1) is 5.41 Å². The lowest BCUT2D eigenvalue weighted by Gasteiger charge is -2.28. The van der Waals surface area contributed by atoms with Crippen LogP contribution in [-0.2, 0) is 16.1 Å². The molecule has 1 aromatic heterocycles. The van der Waals surface area contributed by atoms with Crippen molar-refractivity contribution in [2.24, 2.45) is 11.3 Å². The number of rotatable bonds is 4. The van der Waals surface area contributed by atoms with Crippen LogP contribution in [0.25, 0.3) is 10.9 Å². The normalized spacial score (nSPS) is 20.9. The first-order valence-electron chi connectivity index (χ1n) is 8.41. The van der Waals surface area contributed by atoms with Crippen LogP contribution in [0.3, 0.4) is 0 Å². The summed E-state index contributed by atoms with van der Waals surface area (Å²) in [4.78, 5) is 26.2. The van der Waals surface area contributed by atoms with Crippen LogP contribution in [0.15, 0.2) is 30.3 Å². The highest BCUT2D eigenvalue weighted by atomic mass is 16.4. The fourth-order valence-corrected chi connectivity index (χ4v) is 3.73. The summed E-state index contributed by atoms with van der Waals surface area (Å²) in [5.74, 6) is -0.805. The molecule has 1 N–H and O–H groups in total. The summed E-state index contributed by atoms with van der Waals surface area (Å²) in [5.41, 5.74) is 1.26. The molecule has 1 saturated heterocycles. The molecule has 3 rings (SSSR count). The molecule has 0 saturated carbocycles. The maximum atomic E-state index is 12.8. The molecule has 1 aliphatic rings. The van der Waals surface area contributed by atoms with Gasteiger partial charge in [-0.05, 0) is 36.8 Å². The van der Waals surface area contributed by atoms with Crippen molar-refractivity contribution in [2.75, 3.05) is 13.1 Å². The molecule has 0 bridgehead atoms. The number of carbonyl (C=O) groups is 2. The number of amides is 1. The Kier molecular flexibility index (Phi) is 4.11. The summed E-state index contributed by atoms with van der Waals surface area (Å²) in [7, 11) is 0. The second kappa shape index (κ2) is 5.96. The van der Waals surface area contributed by atoms with E-state index in [1.54, 1.807) is 4.90 Å². The highest BCUT2D eigenvalue weighted by Gasteiger charge is 2.48. The largest absolute Gasteiger partial charge is 0.481 e. The van der Waals surface area contributed by atoms with Gasteiger partial charge >= 0.3 is 5.97 Å². The number of aliphatic carboxylic acids is 1. The van der Waals surface area contributed by atoms with E-state index in [9.17, 15) is 14.7 Å². The highest BCUT2D eigenvalue weighted by Crippen LogP contribution is 2.38. The van der Waals surface area contributed by atoms with Gasteiger partial charge in [0.25, 0.3) is 0 Å². The van der Waals surface area contributed by atoms with Crippen LogP contribution in [-0.4, -0.2) is 39.5 Å². The maximum absolute atomic E-state index is 12.8. The van der Waals surface area contributed by atoms with Gasteiger partial charge in [0.15, 0.2) is 0 Å². The Hall–Kier alpha value is -2.30. The molecule has 5 nitrogen and oxygen atoms in total. The fraction of sp³-hybridized carbons (Fsp3) is 0.474. The number of likely N-dealkylation sites (tertiary alicyclic amines) is 1. The summed E-state index contributed by atoms with van der Waals surface area (Å²) in [6, 6.07) is 10.1. The molecular weight excluding hydrogens is 304 g/mol. The molecule has 128 valence electrons. The molecule has 1 atom stereocenters. The molecule has 1 aromatic carbocycles. The van der Waals surface area contributed by atoms with Crippen LogP contribution in [0.4, 0.5) is 0 Å². The summed E-state index contributed by atoms with van der Waals surface area (Å²) in [6.07, 6.45) is 0.525. The third-order valence-electron chi connectivity index (χ3n) is 5.50. The number of aromatic nitrogens is 1. The second-order valence-electron chi connectivity index (χ2n) is 7.11. The Morgan fingerprint density at radius 3 is 2.62 bits per heavy atom. The fourth-order valence-electron chi connectivity index (χ4n) is 3.73. The Balaban J connectivity index is 1.81. The Morgan fingerprint density at radius 2 is 2.00 bits per heavy atom. The lowest BCUT2D eigenvalue weighted by molar-refractivity contribution is -0.151. The van der Waals surface area contributed by atoms with Gasteiger partial charge in [-0.1, -0.05) is 32.0 Å². The Morgan fingerprint density at radius 1 is 1.29 bits per heavy atom. The number of aryl methyl sites for hydroxylation is 1. The third-order valence-corrected chi connectivity index (χ3v) is 5.50. The first kappa shape index (κ1) is 16.6.